The number of ether oxygens (including phenoxy) is 1. The van der Waals surface area contributed by atoms with Gasteiger partial charge >= 0.3 is 0 Å². The SMILES string of the molecule is OC1CCCCC1OC1CCCCC1. The highest BCUT2D eigenvalue weighted by atomic mass is 16.5. The molecule has 0 radical (unpaired) electrons. The van der Waals surface area contributed by atoms with Gasteiger partial charge in [0.2, 0.25) is 0 Å². The van der Waals surface area contributed by atoms with E-state index in [1.807, 2.05) is 0 Å². The lowest BCUT2D eigenvalue weighted by Gasteiger charge is -2.33. The fraction of sp³-hybridized carbons (Fsp3) is 1.00. The van der Waals surface area contributed by atoms with Gasteiger partial charge in [-0.2, -0.15) is 0 Å². The molecule has 2 aliphatic carbocycles. The summed E-state index contributed by atoms with van der Waals surface area (Å²) >= 11 is 0. The Morgan fingerprint density at radius 3 is 2.14 bits per heavy atom. The third-order valence-electron chi connectivity index (χ3n) is 3.59. The summed E-state index contributed by atoms with van der Waals surface area (Å²) in [4.78, 5) is 0. The molecule has 2 fully saturated rings. The third-order valence-corrected chi connectivity index (χ3v) is 3.59. The Morgan fingerprint density at radius 2 is 1.43 bits per heavy atom. The van der Waals surface area contributed by atoms with Crippen LogP contribution in [0.2, 0.25) is 0 Å². The van der Waals surface area contributed by atoms with Gasteiger partial charge in [-0.25, -0.2) is 0 Å². The molecule has 2 rings (SSSR count). The molecule has 0 aromatic heterocycles. The van der Waals surface area contributed by atoms with Gasteiger partial charge in [-0.05, 0) is 25.7 Å². The number of hydrogen-bond donors (Lipinski definition) is 1. The van der Waals surface area contributed by atoms with Crippen LogP contribution in [0.4, 0.5) is 0 Å². The third kappa shape index (κ3) is 2.71. The van der Waals surface area contributed by atoms with E-state index in [-0.39, 0.29) is 12.2 Å². The predicted octanol–water partition coefficient (Wildman–Crippen LogP) is 2.64. The van der Waals surface area contributed by atoms with Crippen LogP contribution in [-0.4, -0.2) is 23.4 Å². The van der Waals surface area contributed by atoms with Crippen molar-refractivity contribution >= 4 is 0 Å². The molecule has 0 bridgehead atoms. The van der Waals surface area contributed by atoms with Gasteiger partial charge < -0.3 is 9.84 Å². The zero-order valence-corrected chi connectivity index (χ0v) is 8.95. The molecule has 0 aromatic rings. The largest absolute Gasteiger partial charge is 0.390 e. The molecule has 2 nitrogen and oxygen atoms in total. The lowest BCUT2D eigenvalue weighted by Crippen LogP contribution is -2.36. The van der Waals surface area contributed by atoms with Crippen molar-refractivity contribution < 1.29 is 9.84 Å². The number of hydrogen-bond acceptors (Lipinski definition) is 2. The molecule has 0 spiro atoms. The van der Waals surface area contributed by atoms with Crippen molar-refractivity contribution in [1.82, 2.24) is 0 Å². The number of aliphatic hydroxyl groups is 1. The van der Waals surface area contributed by atoms with Crippen LogP contribution in [0.3, 0.4) is 0 Å². The van der Waals surface area contributed by atoms with Crippen LogP contribution in [0.1, 0.15) is 57.8 Å². The average Bonchev–Trinajstić information content (AvgIpc) is 2.23. The highest BCUT2D eigenvalue weighted by Gasteiger charge is 2.27. The highest BCUT2D eigenvalue weighted by molar-refractivity contribution is 4.77. The molecule has 0 aromatic carbocycles. The summed E-state index contributed by atoms with van der Waals surface area (Å²) in [7, 11) is 0. The minimum Gasteiger partial charge on any atom is -0.390 e. The molecule has 0 saturated heterocycles. The first-order chi connectivity index (χ1) is 6.86. The second-order valence-corrected chi connectivity index (χ2v) is 4.79. The minimum atomic E-state index is -0.189. The molecule has 1 N–H and O–H groups in total. The van der Waals surface area contributed by atoms with E-state index in [4.69, 9.17) is 4.74 Å². The van der Waals surface area contributed by atoms with Gasteiger partial charge in [0.1, 0.15) is 0 Å². The Kier molecular flexibility index (Phi) is 3.82. The molecule has 0 heterocycles. The molecule has 2 heteroatoms. The van der Waals surface area contributed by atoms with E-state index in [1.165, 1.54) is 44.9 Å². The molecule has 2 saturated carbocycles. The quantitative estimate of drug-likeness (QED) is 0.739. The van der Waals surface area contributed by atoms with Gasteiger partial charge in [-0.15, -0.1) is 0 Å². The first kappa shape index (κ1) is 10.4. The van der Waals surface area contributed by atoms with Crippen LogP contribution in [0.15, 0.2) is 0 Å². The zero-order chi connectivity index (χ0) is 9.80. The van der Waals surface area contributed by atoms with Crippen LogP contribution in [0.25, 0.3) is 0 Å². The van der Waals surface area contributed by atoms with Gasteiger partial charge in [-0.3, -0.25) is 0 Å². The maximum absolute atomic E-state index is 9.77. The molecule has 0 amide bonds. The van der Waals surface area contributed by atoms with E-state index in [0.29, 0.717) is 6.10 Å². The van der Waals surface area contributed by atoms with Crippen LogP contribution in [0.5, 0.6) is 0 Å². The Labute approximate surface area is 86.6 Å². The summed E-state index contributed by atoms with van der Waals surface area (Å²) in [5.74, 6) is 0. The summed E-state index contributed by atoms with van der Waals surface area (Å²) in [6.07, 6.45) is 11.2. The average molecular weight is 198 g/mol. The Balaban J connectivity index is 1.76. The van der Waals surface area contributed by atoms with Crippen LogP contribution in [-0.2, 0) is 4.74 Å². The van der Waals surface area contributed by atoms with E-state index in [0.717, 1.165) is 12.8 Å². The Morgan fingerprint density at radius 1 is 0.786 bits per heavy atom. The molecule has 2 aliphatic rings. The van der Waals surface area contributed by atoms with Crippen molar-refractivity contribution in [1.29, 1.82) is 0 Å². The summed E-state index contributed by atoms with van der Waals surface area (Å²) in [5, 5.41) is 9.77. The monoisotopic (exact) mass is 198 g/mol. The zero-order valence-electron chi connectivity index (χ0n) is 8.95. The Bertz CT molecular complexity index is 164. The highest BCUT2D eigenvalue weighted by Crippen LogP contribution is 2.27. The maximum atomic E-state index is 9.77. The second-order valence-electron chi connectivity index (χ2n) is 4.79. The fourth-order valence-corrected chi connectivity index (χ4v) is 2.68. The smallest absolute Gasteiger partial charge is 0.0837 e. The predicted molar refractivity (Wildman–Crippen MR) is 56.2 cm³/mol. The number of aliphatic hydroxyl groups excluding tert-OH is 1. The first-order valence-electron chi connectivity index (χ1n) is 6.20. The summed E-state index contributed by atoms with van der Waals surface area (Å²) < 4.78 is 5.99. The Hall–Kier alpha value is -0.0800. The van der Waals surface area contributed by atoms with E-state index in [2.05, 4.69) is 0 Å². The second kappa shape index (κ2) is 5.13. The summed E-state index contributed by atoms with van der Waals surface area (Å²) in [5.41, 5.74) is 0. The van der Waals surface area contributed by atoms with E-state index in [9.17, 15) is 5.11 Å². The van der Waals surface area contributed by atoms with Crippen molar-refractivity contribution in [2.24, 2.45) is 0 Å². The summed E-state index contributed by atoms with van der Waals surface area (Å²) in [6.45, 7) is 0. The minimum absolute atomic E-state index is 0.145. The molecule has 2 unspecified atom stereocenters. The van der Waals surface area contributed by atoms with Gasteiger partial charge in [0.25, 0.3) is 0 Å². The molecule has 0 aliphatic heterocycles. The molecular formula is C12H22O2. The van der Waals surface area contributed by atoms with Gasteiger partial charge in [0, 0.05) is 0 Å². The van der Waals surface area contributed by atoms with E-state index < -0.39 is 0 Å². The van der Waals surface area contributed by atoms with Crippen LogP contribution in [0, 0.1) is 0 Å². The van der Waals surface area contributed by atoms with Crippen LogP contribution < -0.4 is 0 Å². The van der Waals surface area contributed by atoms with Gasteiger partial charge in [0.05, 0.1) is 18.3 Å². The molecule has 82 valence electrons. The van der Waals surface area contributed by atoms with Crippen molar-refractivity contribution in [3.63, 3.8) is 0 Å². The lowest BCUT2D eigenvalue weighted by atomic mass is 9.93. The molecule has 14 heavy (non-hydrogen) atoms. The van der Waals surface area contributed by atoms with E-state index in [1.54, 1.807) is 0 Å². The van der Waals surface area contributed by atoms with Crippen molar-refractivity contribution in [3.8, 4) is 0 Å². The molecular weight excluding hydrogens is 176 g/mol. The van der Waals surface area contributed by atoms with Gasteiger partial charge in [0.15, 0.2) is 0 Å². The molecule has 2 atom stereocenters. The normalized spacial score (nSPS) is 35.8. The van der Waals surface area contributed by atoms with E-state index >= 15 is 0 Å². The lowest BCUT2D eigenvalue weighted by molar-refractivity contribution is -0.102. The standard InChI is InChI=1S/C12H22O2/c13-11-8-4-5-9-12(11)14-10-6-2-1-3-7-10/h10-13H,1-9H2. The van der Waals surface area contributed by atoms with Crippen molar-refractivity contribution in [2.45, 2.75) is 76.1 Å². The first-order valence-corrected chi connectivity index (χ1v) is 6.20. The fourth-order valence-electron chi connectivity index (χ4n) is 2.68. The topological polar surface area (TPSA) is 29.5 Å². The van der Waals surface area contributed by atoms with Crippen molar-refractivity contribution in [3.05, 3.63) is 0 Å². The van der Waals surface area contributed by atoms with Gasteiger partial charge in [-0.1, -0.05) is 32.1 Å². The van der Waals surface area contributed by atoms with Crippen molar-refractivity contribution in [2.75, 3.05) is 0 Å². The van der Waals surface area contributed by atoms with Crippen LogP contribution >= 0.6 is 0 Å². The summed E-state index contributed by atoms with van der Waals surface area (Å²) in [6, 6.07) is 0. The number of rotatable bonds is 2. The maximum Gasteiger partial charge on any atom is 0.0837 e.